The van der Waals surface area contributed by atoms with Gasteiger partial charge in [0.05, 0.1) is 17.9 Å². The van der Waals surface area contributed by atoms with Crippen LogP contribution in [0.25, 0.3) is 11.3 Å². The fourth-order valence-electron chi connectivity index (χ4n) is 1.56. The maximum atomic E-state index is 4.38. The largest absolute Gasteiger partial charge is 0.269 e. The van der Waals surface area contributed by atoms with E-state index in [-0.39, 0.29) is 0 Å². The topological polar surface area (TPSA) is 30.7 Å². The van der Waals surface area contributed by atoms with E-state index in [1.807, 2.05) is 18.5 Å². The Bertz CT molecular complexity index is 471. The Labute approximate surface area is 102 Å². The molecule has 0 spiro atoms. The van der Waals surface area contributed by atoms with Gasteiger partial charge < -0.3 is 0 Å². The highest BCUT2D eigenvalue weighted by molar-refractivity contribution is 14.1. The third-order valence-electron chi connectivity index (χ3n) is 2.55. The van der Waals surface area contributed by atoms with Crippen molar-refractivity contribution >= 4 is 22.6 Å². The first kappa shape index (κ1) is 9.33. The summed E-state index contributed by atoms with van der Waals surface area (Å²) in [5.41, 5.74) is 2.11. The van der Waals surface area contributed by atoms with Gasteiger partial charge in [-0.1, -0.05) is 0 Å². The maximum Gasteiger partial charge on any atom is 0.0734 e. The first-order valence-corrected chi connectivity index (χ1v) is 6.07. The number of halogens is 1. The molecule has 0 aliphatic heterocycles. The highest BCUT2D eigenvalue weighted by atomic mass is 127. The van der Waals surface area contributed by atoms with Gasteiger partial charge in [-0.05, 0) is 47.6 Å². The van der Waals surface area contributed by atoms with Gasteiger partial charge in [0, 0.05) is 21.5 Å². The van der Waals surface area contributed by atoms with E-state index in [4.69, 9.17) is 0 Å². The number of nitrogens with zero attached hydrogens (tertiary/aromatic N) is 3. The zero-order valence-electron chi connectivity index (χ0n) is 8.10. The lowest BCUT2D eigenvalue weighted by Gasteiger charge is -1.96. The van der Waals surface area contributed by atoms with Gasteiger partial charge in [-0.3, -0.25) is 9.67 Å². The molecule has 3 nitrogen and oxygen atoms in total. The standard InChI is InChI=1S/C11H10IN3/c12-9-1-4-11(13-6-9)8-5-14-15(7-8)10-2-3-10/h1,4-7,10H,2-3H2. The Morgan fingerprint density at radius 3 is 2.80 bits per heavy atom. The molecule has 0 unspecified atom stereocenters. The molecule has 0 aromatic carbocycles. The Balaban J connectivity index is 1.93. The molecule has 0 atom stereocenters. The summed E-state index contributed by atoms with van der Waals surface area (Å²) in [5.74, 6) is 0. The zero-order valence-corrected chi connectivity index (χ0v) is 10.3. The van der Waals surface area contributed by atoms with E-state index in [9.17, 15) is 0 Å². The SMILES string of the molecule is Ic1ccc(-c2cnn(C3CC3)c2)nc1. The van der Waals surface area contributed by atoms with E-state index in [0.29, 0.717) is 6.04 Å². The van der Waals surface area contributed by atoms with Gasteiger partial charge in [-0.2, -0.15) is 5.10 Å². The van der Waals surface area contributed by atoms with Gasteiger partial charge in [0.1, 0.15) is 0 Å². The molecule has 2 aromatic rings. The lowest BCUT2D eigenvalue weighted by atomic mass is 10.2. The molecule has 0 N–H and O–H groups in total. The van der Waals surface area contributed by atoms with Crippen LogP contribution < -0.4 is 0 Å². The third-order valence-corrected chi connectivity index (χ3v) is 3.18. The molecule has 1 fully saturated rings. The molecule has 1 saturated carbocycles. The highest BCUT2D eigenvalue weighted by Crippen LogP contribution is 2.34. The minimum atomic E-state index is 0.641. The summed E-state index contributed by atoms with van der Waals surface area (Å²) in [6.07, 6.45) is 8.40. The van der Waals surface area contributed by atoms with Gasteiger partial charge in [-0.15, -0.1) is 0 Å². The summed E-state index contributed by atoms with van der Waals surface area (Å²) in [4.78, 5) is 4.38. The molecule has 1 aliphatic carbocycles. The molecule has 76 valence electrons. The number of hydrogen-bond acceptors (Lipinski definition) is 2. The molecule has 0 bridgehead atoms. The number of pyridine rings is 1. The molecular formula is C11H10IN3. The molecule has 0 saturated heterocycles. The van der Waals surface area contributed by atoms with E-state index in [0.717, 1.165) is 14.8 Å². The molecule has 2 aromatic heterocycles. The molecule has 0 amide bonds. The molecule has 15 heavy (non-hydrogen) atoms. The monoisotopic (exact) mass is 311 g/mol. The molecule has 2 heterocycles. The summed E-state index contributed by atoms with van der Waals surface area (Å²) in [7, 11) is 0. The number of aromatic nitrogens is 3. The van der Waals surface area contributed by atoms with Crippen molar-refractivity contribution in [2.24, 2.45) is 0 Å². The Morgan fingerprint density at radius 1 is 1.27 bits per heavy atom. The van der Waals surface area contributed by atoms with Crippen LogP contribution >= 0.6 is 22.6 Å². The lowest BCUT2D eigenvalue weighted by Crippen LogP contribution is -1.92. The van der Waals surface area contributed by atoms with Crippen LogP contribution in [0.5, 0.6) is 0 Å². The summed E-state index contributed by atoms with van der Waals surface area (Å²) in [6.45, 7) is 0. The minimum Gasteiger partial charge on any atom is -0.269 e. The van der Waals surface area contributed by atoms with E-state index in [2.05, 4.69) is 49.6 Å². The second kappa shape index (κ2) is 3.59. The van der Waals surface area contributed by atoms with Crippen LogP contribution in [0, 0.1) is 3.57 Å². The minimum absolute atomic E-state index is 0.641. The van der Waals surface area contributed by atoms with Crippen LogP contribution in [0.1, 0.15) is 18.9 Å². The molecule has 3 rings (SSSR count). The fourth-order valence-corrected chi connectivity index (χ4v) is 1.87. The molecular weight excluding hydrogens is 301 g/mol. The first-order valence-electron chi connectivity index (χ1n) is 4.99. The van der Waals surface area contributed by atoms with Crippen LogP contribution in [0.2, 0.25) is 0 Å². The van der Waals surface area contributed by atoms with Crippen molar-refractivity contribution in [3.8, 4) is 11.3 Å². The Kier molecular flexibility index (Phi) is 2.23. The normalized spacial score (nSPS) is 15.5. The van der Waals surface area contributed by atoms with Gasteiger partial charge in [0.2, 0.25) is 0 Å². The van der Waals surface area contributed by atoms with Crippen LogP contribution in [-0.4, -0.2) is 14.8 Å². The van der Waals surface area contributed by atoms with Crippen LogP contribution in [0.4, 0.5) is 0 Å². The van der Waals surface area contributed by atoms with E-state index in [1.54, 1.807) is 0 Å². The second-order valence-electron chi connectivity index (χ2n) is 3.80. The van der Waals surface area contributed by atoms with Gasteiger partial charge in [-0.25, -0.2) is 0 Å². The van der Waals surface area contributed by atoms with Gasteiger partial charge >= 0.3 is 0 Å². The summed E-state index contributed by atoms with van der Waals surface area (Å²) >= 11 is 2.26. The van der Waals surface area contributed by atoms with Crippen LogP contribution in [0.15, 0.2) is 30.7 Å². The van der Waals surface area contributed by atoms with Crippen molar-refractivity contribution in [2.75, 3.05) is 0 Å². The van der Waals surface area contributed by atoms with Crippen molar-refractivity contribution in [1.82, 2.24) is 14.8 Å². The predicted octanol–water partition coefficient (Wildman–Crippen LogP) is 2.88. The predicted molar refractivity (Wildman–Crippen MR) is 66.4 cm³/mol. The molecule has 0 radical (unpaired) electrons. The second-order valence-corrected chi connectivity index (χ2v) is 5.05. The molecule has 4 heteroatoms. The third kappa shape index (κ3) is 1.90. The Morgan fingerprint density at radius 2 is 2.13 bits per heavy atom. The van der Waals surface area contributed by atoms with Crippen LogP contribution in [-0.2, 0) is 0 Å². The quantitative estimate of drug-likeness (QED) is 0.799. The molecule has 1 aliphatic rings. The van der Waals surface area contributed by atoms with E-state index < -0.39 is 0 Å². The van der Waals surface area contributed by atoms with Gasteiger partial charge in [0.25, 0.3) is 0 Å². The average molecular weight is 311 g/mol. The van der Waals surface area contributed by atoms with E-state index >= 15 is 0 Å². The smallest absolute Gasteiger partial charge is 0.0734 e. The van der Waals surface area contributed by atoms with Crippen molar-refractivity contribution in [3.63, 3.8) is 0 Å². The summed E-state index contributed by atoms with van der Waals surface area (Å²) < 4.78 is 3.21. The Hall–Kier alpha value is -0.910. The van der Waals surface area contributed by atoms with Crippen molar-refractivity contribution in [2.45, 2.75) is 18.9 Å². The first-order chi connectivity index (χ1) is 7.33. The zero-order chi connectivity index (χ0) is 10.3. The van der Waals surface area contributed by atoms with Crippen molar-refractivity contribution < 1.29 is 0 Å². The maximum absolute atomic E-state index is 4.38. The van der Waals surface area contributed by atoms with Gasteiger partial charge in [0.15, 0.2) is 0 Å². The van der Waals surface area contributed by atoms with Crippen molar-refractivity contribution in [3.05, 3.63) is 34.3 Å². The average Bonchev–Trinajstić information content (AvgIpc) is 2.99. The summed E-state index contributed by atoms with van der Waals surface area (Å²) in [6, 6.07) is 4.75. The number of hydrogen-bond donors (Lipinski definition) is 0. The highest BCUT2D eigenvalue weighted by Gasteiger charge is 2.24. The number of rotatable bonds is 2. The van der Waals surface area contributed by atoms with Crippen molar-refractivity contribution in [1.29, 1.82) is 0 Å². The van der Waals surface area contributed by atoms with Crippen LogP contribution in [0.3, 0.4) is 0 Å². The fraction of sp³-hybridized carbons (Fsp3) is 0.273. The lowest BCUT2D eigenvalue weighted by molar-refractivity contribution is 0.642. The van der Waals surface area contributed by atoms with E-state index in [1.165, 1.54) is 12.8 Å². The summed E-state index contributed by atoms with van der Waals surface area (Å²) in [5, 5.41) is 4.35.